The Hall–Kier alpha value is -2.10. The summed E-state index contributed by atoms with van der Waals surface area (Å²) in [6, 6.07) is 1.06. The van der Waals surface area contributed by atoms with Crippen molar-refractivity contribution in [1.82, 2.24) is 15.0 Å². The normalized spacial score (nSPS) is 15.4. The first-order chi connectivity index (χ1) is 11.9. The molecule has 1 aliphatic heterocycles. The molecule has 1 fully saturated rings. The second kappa shape index (κ2) is 7.03. The van der Waals surface area contributed by atoms with Gasteiger partial charge in [-0.3, -0.25) is 0 Å². The minimum Gasteiger partial charge on any atom is -0.494 e. The number of pyridine rings is 1. The van der Waals surface area contributed by atoms with E-state index in [-0.39, 0.29) is 0 Å². The van der Waals surface area contributed by atoms with Gasteiger partial charge in [0, 0.05) is 32.4 Å². The summed E-state index contributed by atoms with van der Waals surface area (Å²) >= 11 is 3.19. The molecule has 2 aromatic heterocycles. The number of nitrogens with zero attached hydrogens (tertiary/aromatic N) is 5. The smallest absolute Gasteiger partial charge is 0.417 e. The van der Waals surface area contributed by atoms with Gasteiger partial charge in [-0.05, 0) is 22.0 Å². The second-order valence-corrected chi connectivity index (χ2v) is 6.28. The number of alkyl halides is 3. The molecule has 0 saturated carbocycles. The lowest BCUT2D eigenvalue weighted by Gasteiger charge is -2.35. The topological polar surface area (TPSA) is 54.4 Å². The van der Waals surface area contributed by atoms with Crippen molar-refractivity contribution < 1.29 is 17.9 Å². The van der Waals surface area contributed by atoms with Crippen LogP contribution in [-0.4, -0.2) is 48.2 Å². The maximum Gasteiger partial charge on any atom is 0.417 e. The largest absolute Gasteiger partial charge is 0.494 e. The van der Waals surface area contributed by atoms with Crippen LogP contribution in [0.1, 0.15) is 5.56 Å². The molecular formula is C15H15BrF3N5O. The van der Waals surface area contributed by atoms with Gasteiger partial charge >= 0.3 is 6.18 Å². The number of anilines is 2. The van der Waals surface area contributed by atoms with Crippen LogP contribution in [0.5, 0.6) is 5.75 Å². The molecule has 25 heavy (non-hydrogen) atoms. The van der Waals surface area contributed by atoms with Gasteiger partial charge in [0.15, 0.2) is 5.75 Å². The van der Waals surface area contributed by atoms with Crippen LogP contribution in [0, 0.1) is 0 Å². The highest BCUT2D eigenvalue weighted by Gasteiger charge is 2.32. The van der Waals surface area contributed by atoms with E-state index in [0.29, 0.717) is 48.2 Å². The predicted molar refractivity (Wildman–Crippen MR) is 89.9 cm³/mol. The number of rotatable bonds is 3. The third kappa shape index (κ3) is 3.94. The zero-order valence-corrected chi connectivity index (χ0v) is 14.9. The van der Waals surface area contributed by atoms with Gasteiger partial charge in [0.1, 0.15) is 5.82 Å². The first-order valence-electron chi connectivity index (χ1n) is 7.47. The predicted octanol–water partition coefficient (Wildman–Crippen LogP) is 2.99. The van der Waals surface area contributed by atoms with Crippen LogP contribution in [0.4, 0.5) is 24.9 Å². The SMILES string of the molecule is COc1cnc(N2CCN(c3ncc(C(F)(F)F)cc3Br)CC2)nc1. The Labute approximate surface area is 150 Å². The van der Waals surface area contributed by atoms with Gasteiger partial charge in [0.2, 0.25) is 5.95 Å². The van der Waals surface area contributed by atoms with Crippen LogP contribution in [0.25, 0.3) is 0 Å². The number of hydrogen-bond donors (Lipinski definition) is 0. The summed E-state index contributed by atoms with van der Waals surface area (Å²) in [4.78, 5) is 16.4. The van der Waals surface area contributed by atoms with E-state index in [1.54, 1.807) is 19.5 Å². The maximum absolute atomic E-state index is 12.7. The first-order valence-corrected chi connectivity index (χ1v) is 8.26. The number of halogens is 4. The van der Waals surface area contributed by atoms with Crippen LogP contribution in [0.2, 0.25) is 0 Å². The molecule has 0 unspecified atom stereocenters. The molecular weight excluding hydrogens is 403 g/mol. The molecule has 3 rings (SSSR count). The Bertz CT molecular complexity index is 733. The average molecular weight is 418 g/mol. The van der Waals surface area contributed by atoms with Crippen molar-refractivity contribution >= 4 is 27.7 Å². The average Bonchev–Trinajstić information content (AvgIpc) is 2.61. The molecule has 0 N–H and O–H groups in total. The van der Waals surface area contributed by atoms with E-state index >= 15 is 0 Å². The molecule has 6 nitrogen and oxygen atoms in total. The van der Waals surface area contributed by atoms with Crippen molar-refractivity contribution in [1.29, 1.82) is 0 Å². The summed E-state index contributed by atoms with van der Waals surface area (Å²) in [5, 5.41) is 0. The molecule has 0 aliphatic carbocycles. The number of methoxy groups -OCH3 is 1. The summed E-state index contributed by atoms with van der Waals surface area (Å²) in [5.74, 6) is 1.68. The number of ether oxygens (including phenoxy) is 1. The van der Waals surface area contributed by atoms with Gasteiger partial charge in [-0.15, -0.1) is 0 Å². The monoisotopic (exact) mass is 417 g/mol. The Balaban J connectivity index is 1.67. The standard InChI is InChI=1S/C15H15BrF3N5O/c1-25-11-8-21-14(22-9-11)24-4-2-23(3-5-24)13-12(16)6-10(7-20-13)15(17,18)19/h6-9H,2-5H2,1H3. The van der Waals surface area contributed by atoms with Crippen molar-refractivity contribution in [2.45, 2.75) is 6.18 Å². The second-order valence-electron chi connectivity index (χ2n) is 5.42. The Morgan fingerprint density at radius 1 is 1.00 bits per heavy atom. The molecule has 1 saturated heterocycles. The van der Waals surface area contributed by atoms with E-state index in [1.165, 1.54) is 0 Å². The lowest BCUT2D eigenvalue weighted by molar-refractivity contribution is -0.137. The van der Waals surface area contributed by atoms with Crippen molar-refractivity contribution in [2.24, 2.45) is 0 Å². The van der Waals surface area contributed by atoms with E-state index in [2.05, 4.69) is 30.9 Å². The number of piperazine rings is 1. The molecule has 0 amide bonds. The molecule has 2 aromatic rings. The Morgan fingerprint density at radius 2 is 1.60 bits per heavy atom. The van der Waals surface area contributed by atoms with Gasteiger partial charge in [0.05, 0.1) is 29.5 Å². The van der Waals surface area contributed by atoms with Gasteiger partial charge in [0.25, 0.3) is 0 Å². The zero-order valence-electron chi connectivity index (χ0n) is 13.3. The Kier molecular flexibility index (Phi) is 4.98. The van der Waals surface area contributed by atoms with E-state index in [0.717, 1.165) is 12.3 Å². The third-order valence-corrected chi connectivity index (χ3v) is 4.44. The van der Waals surface area contributed by atoms with Gasteiger partial charge in [-0.2, -0.15) is 13.2 Å². The quantitative estimate of drug-likeness (QED) is 0.764. The van der Waals surface area contributed by atoms with E-state index in [9.17, 15) is 13.2 Å². The van der Waals surface area contributed by atoms with E-state index < -0.39 is 11.7 Å². The van der Waals surface area contributed by atoms with Gasteiger partial charge in [-0.1, -0.05) is 0 Å². The Morgan fingerprint density at radius 3 is 2.12 bits per heavy atom. The molecule has 0 bridgehead atoms. The van der Waals surface area contributed by atoms with Crippen molar-refractivity contribution in [3.05, 3.63) is 34.7 Å². The van der Waals surface area contributed by atoms with Gasteiger partial charge < -0.3 is 14.5 Å². The zero-order chi connectivity index (χ0) is 18.0. The van der Waals surface area contributed by atoms with Gasteiger partial charge in [-0.25, -0.2) is 15.0 Å². The van der Waals surface area contributed by atoms with Crippen LogP contribution in [0.15, 0.2) is 29.1 Å². The fourth-order valence-electron chi connectivity index (χ4n) is 2.51. The minimum atomic E-state index is -4.40. The fourth-order valence-corrected chi connectivity index (χ4v) is 3.11. The number of hydrogen-bond acceptors (Lipinski definition) is 6. The molecule has 0 aromatic carbocycles. The molecule has 10 heteroatoms. The lowest BCUT2D eigenvalue weighted by Crippen LogP contribution is -2.47. The highest BCUT2D eigenvalue weighted by molar-refractivity contribution is 9.10. The molecule has 0 radical (unpaired) electrons. The summed E-state index contributed by atoms with van der Waals surface area (Å²) in [6.07, 6.45) is -0.344. The minimum absolute atomic E-state index is 0.330. The lowest BCUT2D eigenvalue weighted by atomic mass is 10.2. The van der Waals surface area contributed by atoms with Crippen LogP contribution >= 0.6 is 15.9 Å². The summed E-state index contributed by atoms with van der Waals surface area (Å²) < 4.78 is 43.6. The molecule has 0 spiro atoms. The number of aromatic nitrogens is 3. The van der Waals surface area contributed by atoms with Crippen LogP contribution in [-0.2, 0) is 6.18 Å². The molecule has 0 atom stereocenters. The maximum atomic E-state index is 12.7. The highest BCUT2D eigenvalue weighted by atomic mass is 79.9. The summed E-state index contributed by atoms with van der Waals surface area (Å²) in [5.41, 5.74) is -0.770. The van der Waals surface area contributed by atoms with Crippen LogP contribution < -0.4 is 14.5 Å². The molecule has 3 heterocycles. The highest BCUT2D eigenvalue weighted by Crippen LogP contribution is 2.34. The third-order valence-electron chi connectivity index (χ3n) is 3.86. The molecule has 134 valence electrons. The first kappa shape index (κ1) is 17.7. The van der Waals surface area contributed by atoms with Crippen molar-refractivity contribution in [3.8, 4) is 5.75 Å². The molecule has 1 aliphatic rings. The summed E-state index contributed by atoms with van der Waals surface area (Å²) in [6.45, 7) is 2.49. The van der Waals surface area contributed by atoms with E-state index in [1.807, 2.05) is 9.80 Å². The van der Waals surface area contributed by atoms with Crippen LogP contribution in [0.3, 0.4) is 0 Å². The van der Waals surface area contributed by atoms with Crippen molar-refractivity contribution in [3.63, 3.8) is 0 Å². The van der Waals surface area contributed by atoms with Crippen molar-refractivity contribution in [2.75, 3.05) is 43.1 Å². The van der Waals surface area contributed by atoms with E-state index in [4.69, 9.17) is 4.74 Å². The fraction of sp³-hybridized carbons (Fsp3) is 0.400. The summed E-state index contributed by atoms with van der Waals surface area (Å²) in [7, 11) is 1.55.